The van der Waals surface area contributed by atoms with Crippen molar-refractivity contribution in [2.45, 2.75) is 45.3 Å². The summed E-state index contributed by atoms with van der Waals surface area (Å²) in [5.74, 6) is 1.71. The SMILES string of the molecule is CCCCNC(=O)NC[C@H]1C[C@@H](n2cc(-c3cccc(OCc4ccccc4)c3)c3c(N)ncnc32)C1. The second-order valence-electron chi connectivity index (χ2n) is 9.69. The average Bonchev–Trinajstić information content (AvgIpc) is 3.28. The molecule has 2 amide bonds. The van der Waals surface area contributed by atoms with Gasteiger partial charge in [0.05, 0.1) is 5.39 Å². The van der Waals surface area contributed by atoms with Gasteiger partial charge < -0.3 is 25.7 Å². The van der Waals surface area contributed by atoms with E-state index < -0.39 is 0 Å². The van der Waals surface area contributed by atoms with Gasteiger partial charge in [0.25, 0.3) is 0 Å². The number of amides is 2. The third kappa shape index (κ3) is 5.69. The van der Waals surface area contributed by atoms with Gasteiger partial charge in [-0.25, -0.2) is 14.8 Å². The van der Waals surface area contributed by atoms with Crippen molar-refractivity contribution in [2.24, 2.45) is 5.92 Å². The highest BCUT2D eigenvalue weighted by Gasteiger charge is 2.32. The van der Waals surface area contributed by atoms with Gasteiger partial charge >= 0.3 is 6.03 Å². The predicted octanol–water partition coefficient (Wildman–Crippen LogP) is 5.31. The molecule has 2 aromatic carbocycles. The van der Waals surface area contributed by atoms with Crippen LogP contribution in [-0.2, 0) is 6.61 Å². The van der Waals surface area contributed by atoms with Gasteiger partial charge in [-0.3, -0.25) is 0 Å². The van der Waals surface area contributed by atoms with Crippen LogP contribution < -0.4 is 21.1 Å². The largest absolute Gasteiger partial charge is 0.489 e. The molecule has 4 aromatic rings. The summed E-state index contributed by atoms with van der Waals surface area (Å²) >= 11 is 0. The van der Waals surface area contributed by atoms with E-state index in [0.29, 0.717) is 37.5 Å². The van der Waals surface area contributed by atoms with Gasteiger partial charge in [0.15, 0.2) is 0 Å². The molecule has 1 aliphatic carbocycles. The molecule has 1 saturated carbocycles. The third-order valence-electron chi connectivity index (χ3n) is 7.00. The highest BCUT2D eigenvalue weighted by Crippen LogP contribution is 2.42. The molecule has 0 saturated heterocycles. The van der Waals surface area contributed by atoms with Crippen LogP contribution in [-0.4, -0.2) is 33.7 Å². The zero-order valence-electron chi connectivity index (χ0n) is 21.2. The summed E-state index contributed by atoms with van der Waals surface area (Å²) in [6, 6.07) is 18.4. The zero-order valence-corrected chi connectivity index (χ0v) is 21.2. The number of aromatic nitrogens is 3. The summed E-state index contributed by atoms with van der Waals surface area (Å²) in [5.41, 5.74) is 10.3. The minimum absolute atomic E-state index is 0.0829. The number of carbonyl (C=O) groups excluding carboxylic acids is 1. The number of rotatable bonds is 10. The van der Waals surface area contributed by atoms with E-state index in [2.05, 4.69) is 56.5 Å². The second kappa shape index (κ2) is 11.3. The van der Waals surface area contributed by atoms with Crippen molar-refractivity contribution in [3.05, 3.63) is 72.7 Å². The molecular weight excluding hydrogens is 464 g/mol. The Bertz CT molecular complexity index is 1350. The second-order valence-corrected chi connectivity index (χ2v) is 9.69. The first-order valence-electron chi connectivity index (χ1n) is 13.0. The molecular formula is C29H34N6O2. The molecule has 8 nitrogen and oxygen atoms in total. The molecule has 192 valence electrons. The van der Waals surface area contributed by atoms with Gasteiger partial charge in [0, 0.05) is 30.9 Å². The molecule has 4 N–H and O–H groups in total. The first-order valence-corrected chi connectivity index (χ1v) is 13.0. The zero-order chi connectivity index (χ0) is 25.6. The van der Waals surface area contributed by atoms with Crippen LogP contribution in [0.3, 0.4) is 0 Å². The van der Waals surface area contributed by atoms with E-state index in [1.54, 1.807) is 0 Å². The lowest BCUT2D eigenvalue weighted by atomic mass is 9.80. The molecule has 2 aromatic heterocycles. The van der Waals surface area contributed by atoms with E-state index in [9.17, 15) is 4.79 Å². The maximum atomic E-state index is 12.0. The summed E-state index contributed by atoms with van der Waals surface area (Å²) in [5, 5.41) is 6.77. The number of urea groups is 1. The van der Waals surface area contributed by atoms with Crippen LogP contribution in [0, 0.1) is 5.92 Å². The van der Waals surface area contributed by atoms with Crippen molar-refractivity contribution in [1.82, 2.24) is 25.2 Å². The lowest BCUT2D eigenvalue weighted by Crippen LogP contribution is -2.41. The molecule has 5 rings (SSSR count). The van der Waals surface area contributed by atoms with Crippen LogP contribution in [0.25, 0.3) is 22.2 Å². The van der Waals surface area contributed by atoms with E-state index in [1.807, 2.05) is 36.4 Å². The Kier molecular flexibility index (Phi) is 7.54. The number of ether oxygens (including phenoxy) is 1. The Balaban J connectivity index is 1.30. The van der Waals surface area contributed by atoms with Crippen LogP contribution in [0.4, 0.5) is 10.6 Å². The monoisotopic (exact) mass is 498 g/mol. The standard InChI is InChI=1S/C29H34N6O2/c1-2-3-12-31-29(36)32-16-21-13-23(14-21)35-17-25(26-27(30)33-19-34-28(26)35)22-10-7-11-24(15-22)37-18-20-8-5-4-6-9-20/h4-11,15,17,19,21,23H,2-3,12-14,16,18H2,1H3,(H2,30,33,34)(H2,31,32,36)/t21-,23+. The number of nitrogen functional groups attached to an aromatic ring is 1. The van der Waals surface area contributed by atoms with Crippen LogP contribution in [0.2, 0.25) is 0 Å². The first-order chi connectivity index (χ1) is 18.1. The van der Waals surface area contributed by atoms with Crippen molar-refractivity contribution >= 4 is 22.9 Å². The number of nitrogens with one attached hydrogen (secondary N) is 2. The summed E-state index contributed by atoms with van der Waals surface area (Å²) in [6.07, 6.45) is 7.67. The van der Waals surface area contributed by atoms with Gasteiger partial charge in [-0.05, 0) is 48.4 Å². The molecule has 0 atom stereocenters. The highest BCUT2D eigenvalue weighted by molar-refractivity contribution is 6.00. The predicted molar refractivity (Wildman–Crippen MR) is 146 cm³/mol. The van der Waals surface area contributed by atoms with E-state index in [-0.39, 0.29) is 6.03 Å². The van der Waals surface area contributed by atoms with Crippen LogP contribution in [0.1, 0.15) is 44.2 Å². The number of nitrogens with two attached hydrogens (primary N) is 1. The van der Waals surface area contributed by atoms with Crippen molar-refractivity contribution in [3.8, 4) is 16.9 Å². The fourth-order valence-electron chi connectivity index (χ4n) is 4.87. The molecule has 8 heteroatoms. The molecule has 0 spiro atoms. The Labute approximate surface area is 217 Å². The number of hydrogen-bond donors (Lipinski definition) is 3. The summed E-state index contributed by atoms with van der Waals surface area (Å²) in [4.78, 5) is 20.8. The topological polar surface area (TPSA) is 107 Å². The average molecular weight is 499 g/mol. The lowest BCUT2D eigenvalue weighted by Gasteiger charge is -2.36. The van der Waals surface area contributed by atoms with E-state index in [0.717, 1.165) is 59.2 Å². The third-order valence-corrected chi connectivity index (χ3v) is 7.00. The molecule has 1 fully saturated rings. The summed E-state index contributed by atoms with van der Waals surface area (Å²) in [6.45, 7) is 4.01. The fourth-order valence-corrected chi connectivity index (χ4v) is 4.87. The van der Waals surface area contributed by atoms with Gasteiger partial charge in [-0.2, -0.15) is 0 Å². The van der Waals surface area contributed by atoms with E-state index in [1.165, 1.54) is 6.33 Å². The van der Waals surface area contributed by atoms with Crippen molar-refractivity contribution in [3.63, 3.8) is 0 Å². The fraction of sp³-hybridized carbons (Fsp3) is 0.345. The van der Waals surface area contributed by atoms with E-state index >= 15 is 0 Å². The van der Waals surface area contributed by atoms with Crippen LogP contribution >= 0.6 is 0 Å². The van der Waals surface area contributed by atoms with Gasteiger partial charge in [-0.15, -0.1) is 0 Å². The Hall–Kier alpha value is -4.07. The first kappa shape index (κ1) is 24.6. The number of hydrogen-bond acceptors (Lipinski definition) is 5. The summed E-state index contributed by atoms with van der Waals surface area (Å²) in [7, 11) is 0. The maximum absolute atomic E-state index is 12.0. The highest BCUT2D eigenvalue weighted by atomic mass is 16.5. The quantitative estimate of drug-likeness (QED) is 0.257. The number of benzene rings is 2. The van der Waals surface area contributed by atoms with Crippen molar-refractivity contribution < 1.29 is 9.53 Å². The molecule has 0 aliphatic heterocycles. The number of fused-ring (bicyclic) bond motifs is 1. The molecule has 37 heavy (non-hydrogen) atoms. The Morgan fingerprint density at radius 3 is 2.76 bits per heavy atom. The number of anilines is 1. The van der Waals surface area contributed by atoms with Crippen molar-refractivity contribution in [1.29, 1.82) is 0 Å². The van der Waals surface area contributed by atoms with Gasteiger partial charge in [-0.1, -0.05) is 55.8 Å². The smallest absolute Gasteiger partial charge is 0.314 e. The molecule has 0 bridgehead atoms. The number of unbranched alkanes of at least 4 members (excludes halogenated alkanes) is 1. The molecule has 1 aliphatic rings. The molecule has 2 heterocycles. The lowest BCUT2D eigenvalue weighted by molar-refractivity contribution is 0.192. The van der Waals surface area contributed by atoms with Crippen molar-refractivity contribution in [2.75, 3.05) is 18.8 Å². The van der Waals surface area contributed by atoms with Crippen LogP contribution in [0.5, 0.6) is 5.75 Å². The van der Waals surface area contributed by atoms with Gasteiger partial charge in [0.1, 0.15) is 30.1 Å². The molecule has 0 unspecified atom stereocenters. The minimum Gasteiger partial charge on any atom is -0.489 e. The van der Waals surface area contributed by atoms with Gasteiger partial charge in [0.2, 0.25) is 0 Å². The Morgan fingerprint density at radius 1 is 1.11 bits per heavy atom. The maximum Gasteiger partial charge on any atom is 0.314 e. The number of carbonyl (C=O) groups is 1. The summed E-state index contributed by atoms with van der Waals surface area (Å²) < 4.78 is 8.29. The minimum atomic E-state index is -0.0829. The Morgan fingerprint density at radius 2 is 1.95 bits per heavy atom. The number of nitrogens with zero attached hydrogens (tertiary/aromatic N) is 3. The van der Waals surface area contributed by atoms with Crippen LogP contribution in [0.15, 0.2) is 67.1 Å². The van der Waals surface area contributed by atoms with E-state index in [4.69, 9.17) is 10.5 Å². The normalized spacial score (nSPS) is 16.8. The molecule has 0 radical (unpaired) electrons.